The number of aryl methyl sites for hydroxylation is 1. The van der Waals surface area contributed by atoms with E-state index in [2.05, 4.69) is 4.90 Å². The summed E-state index contributed by atoms with van der Waals surface area (Å²) in [5.41, 5.74) is -0.565. The highest BCUT2D eigenvalue weighted by molar-refractivity contribution is 5.86. The van der Waals surface area contributed by atoms with Crippen LogP contribution in [0.15, 0.2) is 23.1 Å². The molecule has 2 rings (SSSR count). The quantitative estimate of drug-likeness (QED) is 0.848. The molecule has 0 bridgehead atoms. The molecule has 1 fully saturated rings. The van der Waals surface area contributed by atoms with Crippen molar-refractivity contribution in [3.05, 3.63) is 34.2 Å². The third-order valence-corrected chi connectivity index (χ3v) is 3.32. The van der Waals surface area contributed by atoms with E-state index in [0.29, 0.717) is 6.54 Å². The van der Waals surface area contributed by atoms with Crippen molar-refractivity contribution in [1.29, 1.82) is 0 Å². The van der Waals surface area contributed by atoms with E-state index in [-0.39, 0.29) is 5.56 Å². The molecule has 18 heavy (non-hydrogen) atoms. The number of rotatable bonds is 5. The van der Waals surface area contributed by atoms with Gasteiger partial charge in [-0.3, -0.25) is 4.79 Å². The van der Waals surface area contributed by atoms with Gasteiger partial charge in [-0.2, -0.15) is 0 Å². The number of hydrogen-bond acceptors (Lipinski definition) is 3. The summed E-state index contributed by atoms with van der Waals surface area (Å²) in [4.78, 5) is 25.0. The van der Waals surface area contributed by atoms with E-state index in [1.807, 2.05) is 0 Å². The second-order valence-electron chi connectivity index (χ2n) is 4.63. The van der Waals surface area contributed by atoms with Crippen molar-refractivity contribution in [1.82, 2.24) is 9.47 Å². The molecular formula is C13H18N2O3. The number of likely N-dealkylation sites (tertiary alicyclic amines) is 1. The van der Waals surface area contributed by atoms with Gasteiger partial charge in [0, 0.05) is 12.7 Å². The summed E-state index contributed by atoms with van der Waals surface area (Å²) in [5, 5.41) is 8.87. The van der Waals surface area contributed by atoms with Gasteiger partial charge >= 0.3 is 5.97 Å². The van der Waals surface area contributed by atoms with Crippen LogP contribution in [0.1, 0.15) is 29.6 Å². The number of pyridine rings is 1. The van der Waals surface area contributed by atoms with Crippen molar-refractivity contribution in [2.24, 2.45) is 0 Å². The molecule has 0 saturated carbocycles. The molecule has 0 unspecified atom stereocenters. The van der Waals surface area contributed by atoms with Crippen molar-refractivity contribution < 1.29 is 9.90 Å². The average Bonchev–Trinajstić information content (AvgIpc) is 2.84. The van der Waals surface area contributed by atoms with Crippen LogP contribution in [0.5, 0.6) is 0 Å². The Kier molecular flexibility index (Phi) is 4.15. The van der Waals surface area contributed by atoms with Crippen LogP contribution in [-0.2, 0) is 6.54 Å². The summed E-state index contributed by atoms with van der Waals surface area (Å²) in [6.45, 7) is 3.84. The zero-order chi connectivity index (χ0) is 13.0. The van der Waals surface area contributed by atoms with Gasteiger partial charge in [0.2, 0.25) is 0 Å². The lowest BCUT2D eigenvalue weighted by molar-refractivity contribution is 0.0694. The lowest BCUT2D eigenvalue weighted by atomic mass is 10.2. The molecule has 0 atom stereocenters. The van der Waals surface area contributed by atoms with E-state index >= 15 is 0 Å². The number of hydrogen-bond donors (Lipinski definition) is 1. The predicted octanol–water partition coefficient (Wildman–Crippen LogP) is 1.03. The van der Waals surface area contributed by atoms with Crippen molar-refractivity contribution in [2.45, 2.75) is 25.8 Å². The van der Waals surface area contributed by atoms with Gasteiger partial charge in [0.25, 0.3) is 5.56 Å². The summed E-state index contributed by atoms with van der Waals surface area (Å²) in [6, 6.07) is 2.96. The molecule has 1 aliphatic rings. The molecule has 98 valence electrons. The minimum atomic E-state index is -1.16. The van der Waals surface area contributed by atoms with Crippen molar-refractivity contribution >= 4 is 5.97 Å². The lowest BCUT2D eigenvalue weighted by Gasteiger charge is -2.14. The van der Waals surface area contributed by atoms with Gasteiger partial charge in [-0.15, -0.1) is 0 Å². The van der Waals surface area contributed by atoms with Crippen molar-refractivity contribution in [3.63, 3.8) is 0 Å². The number of carboxylic acid groups (broad SMARTS) is 1. The molecule has 0 aliphatic carbocycles. The van der Waals surface area contributed by atoms with Crippen LogP contribution in [0.3, 0.4) is 0 Å². The number of carboxylic acids is 1. The van der Waals surface area contributed by atoms with Crippen molar-refractivity contribution in [2.75, 3.05) is 19.6 Å². The Bertz CT molecular complexity index is 475. The van der Waals surface area contributed by atoms with E-state index < -0.39 is 11.5 Å². The summed E-state index contributed by atoms with van der Waals surface area (Å²) < 4.78 is 1.49. The van der Waals surface area contributed by atoms with Crippen molar-refractivity contribution in [3.8, 4) is 0 Å². The first-order chi connectivity index (χ1) is 8.68. The van der Waals surface area contributed by atoms with E-state index in [0.717, 1.165) is 26.1 Å². The highest BCUT2D eigenvalue weighted by Gasteiger charge is 2.12. The fraction of sp³-hybridized carbons (Fsp3) is 0.538. The zero-order valence-electron chi connectivity index (χ0n) is 10.3. The van der Waals surface area contributed by atoms with Crippen LogP contribution < -0.4 is 5.56 Å². The maximum absolute atomic E-state index is 11.8. The monoisotopic (exact) mass is 250 g/mol. The largest absolute Gasteiger partial charge is 0.477 e. The standard InChI is InChI=1S/C13H18N2O3/c16-12-11(13(17)18)5-3-9-15(12)10-4-8-14-6-1-2-7-14/h3,5,9H,1-2,4,6-8,10H2,(H,17,18). The average molecular weight is 250 g/mol. The third-order valence-electron chi connectivity index (χ3n) is 3.32. The molecule has 2 heterocycles. The van der Waals surface area contributed by atoms with Gasteiger partial charge in [-0.05, 0) is 51.0 Å². The fourth-order valence-corrected chi connectivity index (χ4v) is 2.35. The SMILES string of the molecule is O=C(O)c1cccn(CCCN2CCCC2)c1=O. The molecule has 1 aromatic heterocycles. The Labute approximate surface area is 106 Å². The maximum atomic E-state index is 11.8. The lowest BCUT2D eigenvalue weighted by Crippen LogP contribution is -2.28. The molecule has 0 radical (unpaired) electrons. The zero-order valence-corrected chi connectivity index (χ0v) is 10.3. The maximum Gasteiger partial charge on any atom is 0.341 e. The second-order valence-corrected chi connectivity index (χ2v) is 4.63. The van der Waals surface area contributed by atoms with Crippen LogP contribution in [0.4, 0.5) is 0 Å². The van der Waals surface area contributed by atoms with Gasteiger partial charge in [-0.1, -0.05) is 0 Å². The van der Waals surface area contributed by atoms with Crippen LogP contribution in [0.2, 0.25) is 0 Å². The highest BCUT2D eigenvalue weighted by Crippen LogP contribution is 2.07. The highest BCUT2D eigenvalue weighted by atomic mass is 16.4. The van der Waals surface area contributed by atoms with Gasteiger partial charge in [-0.25, -0.2) is 4.79 Å². The Hall–Kier alpha value is -1.62. The Morgan fingerprint density at radius 3 is 2.67 bits per heavy atom. The molecule has 0 amide bonds. The normalized spacial score (nSPS) is 16.0. The minimum absolute atomic E-state index is 0.154. The summed E-state index contributed by atoms with van der Waals surface area (Å²) in [6.07, 6.45) is 5.05. The predicted molar refractivity (Wildman–Crippen MR) is 68.0 cm³/mol. The van der Waals surface area contributed by atoms with E-state index in [1.165, 1.54) is 23.5 Å². The molecule has 1 saturated heterocycles. The number of aromatic nitrogens is 1. The van der Waals surface area contributed by atoms with Crippen LogP contribution in [0.25, 0.3) is 0 Å². The molecule has 0 aromatic carbocycles. The molecule has 1 aliphatic heterocycles. The van der Waals surface area contributed by atoms with Crippen LogP contribution in [0, 0.1) is 0 Å². The smallest absolute Gasteiger partial charge is 0.341 e. The molecule has 1 aromatic rings. The molecule has 5 heteroatoms. The second kappa shape index (κ2) is 5.82. The summed E-state index contributed by atoms with van der Waals surface area (Å²) in [5.74, 6) is -1.16. The van der Waals surface area contributed by atoms with Crippen LogP contribution in [-0.4, -0.2) is 40.2 Å². The van der Waals surface area contributed by atoms with Crippen LogP contribution >= 0.6 is 0 Å². The molecule has 1 N–H and O–H groups in total. The first-order valence-electron chi connectivity index (χ1n) is 6.33. The molecular weight excluding hydrogens is 232 g/mol. The minimum Gasteiger partial charge on any atom is -0.477 e. The van der Waals surface area contributed by atoms with Gasteiger partial charge in [0.05, 0.1) is 0 Å². The number of carbonyl (C=O) groups is 1. The number of nitrogens with zero attached hydrogens (tertiary/aromatic N) is 2. The van der Waals surface area contributed by atoms with E-state index in [4.69, 9.17) is 5.11 Å². The van der Waals surface area contributed by atoms with Gasteiger partial charge in [0.15, 0.2) is 0 Å². The Balaban J connectivity index is 1.94. The first-order valence-corrected chi connectivity index (χ1v) is 6.33. The van der Waals surface area contributed by atoms with Gasteiger partial charge < -0.3 is 14.6 Å². The first kappa shape index (κ1) is 12.8. The summed E-state index contributed by atoms with van der Waals surface area (Å²) >= 11 is 0. The Morgan fingerprint density at radius 2 is 2.00 bits per heavy atom. The molecule has 0 spiro atoms. The fourth-order valence-electron chi connectivity index (χ4n) is 2.35. The molecule has 5 nitrogen and oxygen atoms in total. The van der Waals surface area contributed by atoms with E-state index in [1.54, 1.807) is 12.3 Å². The number of aromatic carboxylic acids is 1. The van der Waals surface area contributed by atoms with Gasteiger partial charge in [0.1, 0.15) is 5.56 Å². The Morgan fingerprint density at radius 1 is 1.28 bits per heavy atom. The third kappa shape index (κ3) is 2.98. The summed E-state index contributed by atoms with van der Waals surface area (Å²) in [7, 11) is 0. The van der Waals surface area contributed by atoms with E-state index in [9.17, 15) is 9.59 Å². The topological polar surface area (TPSA) is 62.5 Å².